The van der Waals surface area contributed by atoms with Crippen LogP contribution in [0.1, 0.15) is 12.2 Å². The first kappa shape index (κ1) is 19.2. The van der Waals surface area contributed by atoms with E-state index < -0.39 is 41.0 Å². The van der Waals surface area contributed by atoms with Crippen molar-refractivity contribution in [3.8, 4) is 5.69 Å². The summed E-state index contributed by atoms with van der Waals surface area (Å²) in [6.45, 7) is -3.12. The zero-order chi connectivity index (χ0) is 22.1. The lowest BCUT2D eigenvalue weighted by Gasteiger charge is -2.14. The Bertz CT molecular complexity index is 1550. The van der Waals surface area contributed by atoms with Gasteiger partial charge in [0.2, 0.25) is 0 Å². The van der Waals surface area contributed by atoms with Crippen LogP contribution in [0, 0.1) is 5.82 Å². The van der Waals surface area contributed by atoms with Crippen molar-refractivity contribution in [1.29, 1.82) is 0 Å². The quantitative estimate of drug-likeness (QED) is 0.405. The van der Waals surface area contributed by atoms with Gasteiger partial charge in [-0.25, -0.2) is 14.1 Å². The summed E-state index contributed by atoms with van der Waals surface area (Å²) >= 11 is 0. The van der Waals surface area contributed by atoms with E-state index in [9.17, 15) is 31.1 Å². The fraction of sp³-hybridized carbons (Fsp3) is 0.105. The van der Waals surface area contributed by atoms with Crippen molar-refractivity contribution >= 4 is 32.8 Å². The molecule has 0 amide bonds. The summed E-state index contributed by atoms with van der Waals surface area (Å²) in [7, 11) is 0. The standard InChI is InChI=1S/C19H9F6N5O/c20-11-6-9-10-7-29(18(21)22)28-14(10)17(31)30(16(9)27-15(11)19(23,24)25)13-3-1-2-12-8(13)4-5-26-12/h1-7,18,26H. The molecule has 5 aromatic rings. The van der Waals surface area contributed by atoms with Gasteiger partial charge < -0.3 is 4.98 Å². The van der Waals surface area contributed by atoms with Gasteiger partial charge in [-0.15, -0.1) is 0 Å². The molecule has 1 N–H and O–H groups in total. The highest BCUT2D eigenvalue weighted by Crippen LogP contribution is 2.34. The maximum atomic E-state index is 14.3. The highest BCUT2D eigenvalue weighted by Gasteiger charge is 2.37. The minimum atomic E-state index is -5.14. The summed E-state index contributed by atoms with van der Waals surface area (Å²) in [6, 6.07) is 6.77. The van der Waals surface area contributed by atoms with Crippen LogP contribution in [0.5, 0.6) is 0 Å². The van der Waals surface area contributed by atoms with Gasteiger partial charge >= 0.3 is 12.7 Å². The number of pyridine rings is 2. The molecule has 0 spiro atoms. The van der Waals surface area contributed by atoms with Crippen LogP contribution in [0.15, 0.2) is 47.5 Å². The number of nitrogens with zero attached hydrogens (tertiary/aromatic N) is 4. The summed E-state index contributed by atoms with van der Waals surface area (Å²) in [6.07, 6.45) is -2.81. The first-order valence-corrected chi connectivity index (χ1v) is 8.73. The van der Waals surface area contributed by atoms with Crippen molar-refractivity contribution in [1.82, 2.24) is 24.3 Å². The Balaban J connectivity index is 2.02. The molecule has 158 valence electrons. The smallest absolute Gasteiger partial charge is 0.361 e. The Morgan fingerprint density at radius 3 is 2.55 bits per heavy atom. The minimum absolute atomic E-state index is 0.134. The second kappa shape index (κ2) is 6.33. The molecule has 0 atom stereocenters. The summed E-state index contributed by atoms with van der Waals surface area (Å²) in [5, 5.41) is 3.52. The Kier molecular flexibility index (Phi) is 3.91. The van der Waals surface area contributed by atoms with Gasteiger partial charge in [-0.3, -0.25) is 9.36 Å². The fourth-order valence-electron chi connectivity index (χ4n) is 3.58. The molecule has 0 aliphatic rings. The van der Waals surface area contributed by atoms with Gasteiger partial charge in [0.05, 0.1) is 5.69 Å². The predicted octanol–water partition coefficient (Wildman–Crippen LogP) is 4.77. The van der Waals surface area contributed by atoms with Crippen molar-refractivity contribution in [2.24, 2.45) is 0 Å². The molecule has 6 nitrogen and oxygen atoms in total. The number of H-pyrrole nitrogens is 1. The van der Waals surface area contributed by atoms with Gasteiger partial charge in [0.25, 0.3) is 5.56 Å². The van der Waals surface area contributed by atoms with Crippen LogP contribution in [0.3, 0.4) is 0 Å². The molecule has 4 heterocycles. The summed E-state index contributed by atoms with van der Waals surface area (Å²) in [4.78, 5) is 19.5. The number of halogens is 6. The van der Waals surface area contributed by atoms with Gasteiger partial charge in [-0.2, -0.15) is 27.1 Å². The molecule has 31 heavy (non-hydrogen) atoms. The van der Waals surface area contributed by atoms with Crippen molar-refractivity contribution < 1.29 is 26.3 Å². The second-order valence-corrected chi connectivity index (χ2v) is 6.69. The molecule has 0 unspecified atom stereocenters. The van der Waals surface area contributed by atoms with E-state index >= 15 is 0 Å². The van der Waals surface area contributed by atoms with Crippen LogP contribution in [-0.2, 0) is 6.18 Å². The van der Waals surface area contributed by atoms with Crippen LogP contribution in [0.25, 0.3) is 38.5 Å². The lowest BCUT2D eigenvalue weighted by molar-refractivity contribution is -0.143. The van der Waals surface area contributed by atoms with Gasteiger partial charge in [0.15, 0.2) is 17.0 Å². The number of rotatable bonds is 2. The van der Waals surface area contributed by atoms with E-state index in [4.69, 9.17) is 0 Å². The third-order valence-corrected chi connectivity index (χ3v) is 4.88. The van der Waals surface area contributed by atoms with E-state index in [-0.39, 0.29) is 21.1 Å². The number of hydrogen-bond acceptors (Lipinski definition) is 3. The van der Waals surface area contributed by atoms with E-state index in [1.807, 2.05) is 0 Å². The molecule has 0 fully saturated rings. The van der Waals surface area contributed by atoms with E-state index in [1.54, 1.807) is 24.4 Å². The molecule has 4 aromatic heterocycles. The van der Waals surface area contributed by atoms with Crippen molar-refractivity contribution in [2.45, 2.75) is 12.7 Å². The van der Waals surface area contributed by atoms with E-state index in [0.717, 1.165) is 10.8 Å². The van der Waals surface area contributed by atoms with Gasteiger partial charge in [0, 0.05) is 34.1 Å². The number of nitrogens with one attached hydrogen (secondary N) is 1. The molecule has 12 heteroatoms. The zero-order valence-corrected chi connectivity index (χ0v) is 15.1. The molecule has 0 radical (unpaired) electrons. The zero-order valence-electron chi connectivity index (χ0n) is 15.1. The first-order valence-electron chi connectivity index (χ1n) is 8.73. The maximum absolute atomic E-state index is 14.3. The Morgan fingerprint density at radius 1 is 1.06 bits per heavy atom. The van der Waals surface area contributed by atoms with Crippen LogP contribution < -0.4 is 5.56 Å². The summed E-state index contributed by atoms with van der Waals surface area (Å²) in [5.41, 5.74) is -3.09. The van der Waals surface area contributed by atoms with E-state index in [2.05, 4.69) is 15.1 Å². The molecule has 0 aliphatic heterocycles. The average molecular weight is 437 g/mol. The summed E-state index contributed by atoms with van der Waals surface area (Å²) < 4.78 is 81.6. The molecule has 0 saturated heterocycles. The third kappa shape index (κ3) is 2.78. The topological polar surface area (TPSA) is 68.5 Å². The highest BCUT2D eigenvalue weighted by molar-refractivity contribution is 6.04. The van der Waals surface area contributed by atoms with Crippen LogP contribution in [0.2, 0.25) is 0 Å². The first-order chi connectivity index (χ1) is 14.7. The number of fused-ring (bicyclic) bond motifs is 4. The predicted molar refractivity (Wildman–Crippen MR) is 98.7 cm³/mol. The largest absolute Gasteiger partial charge is 0.436 e. The van der Waals surface area contributed by atoms with Crippen LogP contribution in [0.4, 0.5) is 26.3 Å². The van der Waals surface area contributed by atoms with Gasteiger partial charge in [-0.05, 0) is 24.3 Å². The average Bonchev–Trinajstić information content (AvgIpc) is 3.35. The van der Waals surface area contributed by atoms with Crippen molar-refractivity contribution in [2.75, 3.05) is 0 Å². The molecule has 1 aromatic carbocycles. The number of aromatic amines is 1. The molecule has 5 rings (SSSR count). The van der Waals surface area contributed by atoms with Crippen LogP contribution in [-0.4, -0.2) is 24.3 Å². The second-order valence-electron chi connectivity index (χ2n) is 6.69. The normalized spacial score (nSPS) is 12.6. The summed E-state index contributed by atoms with van der Waals surface area (Å²) in [5.74, 6) is -1.70. The number of hydrogen-bond donors (Lipinski definition) is 1. The SMILES string of the molecule is O=c1c2nn(C(F)F)cc2c2cc(F)c(C(F)(F)F)nc2n1-c1cccc2[nH]ccc12. The lowest BCUT2D eigenvalue weighted by Crippen LogP contribution is -2.22. The third-order valence-electron chi connectivity index (χ3n) is 4.88. The van der Waals surface area contributed by atoms with E-state index in [0.29, 0.717) is 17.0 Å². The monoisotopic (exact) mass is 437 g/mol. The number of aromatic nitrogens is 5. The Labute approximate surface area is 167 Å². The van der Waals surface area contributed by atoms with E-state index in [1.165, 1.54) is 6.07 Å². The highest BCUT2D eigenvalue weighted by atomic mass is 19.4. The molecular formula is C19H9F6N5O. The fourth-order valence-corrected chi connectivity index (χ4v) is 3.58. The molecule has 0 aliphatic carbocycles. The lowest BCUT2D eigenvalue weighted by atomic mass is 10.1. The molecule has 0 bridgehead atoms. The minimum Gasteiger partial charge on any atom is -0.361 e. The van der Waals surface area contributed by atoms with Crippen LogP contribution >= 0.6 is 0 Å². The molecule has 0 saturated carbocycles. The molecular weight excluding hydrogens is 428 g/mol. The Morgan fingerprint density at radius 2 is 1.84 bits per heavy atom. The Hall–Kier alpha value is -3.83. The number of alkyl halides is 5. The maximum Gasteiger partial charge on any atom is 0.436 e. The van der Waals surface area contributed by atoms with Gasteiger partial charge in [0.1, 0.15) is 5.65 Å². The van der Waals surface area contributed by atoms with Crippen molar-refractivity contribution in [3.63, 3.8) is 0 Å². The van der Waals surface area contributed by atoms with Gasteiger partial charge in [-0.1, -0.05) is 6.07 Å². The van der Waals surface area contributed by atoms with Crippen molar-refractivity contribution in [3.05, 3.63) is 64.6 Å². The number of benzene rings is 1.